The number of anilines is 2. The number of benzene rings is 2. The van der Waals surface area contributed by atoms with Gasteiger partial charge in [0.15, 0.2) is 0 Å². The van der Waals surface area contributed by atoms with Gasteiger partial charge in [0.2, 0.25) is 0 Å². The molecule has 0 radical (unpaired) electrons. The molecule has 3 heteroatoms. The van der Waals surface area contributed by atoms with Gasteiger partial charge in [-0.15, -0.1) is 0 Å². The van der Waals surface area contributed by atoms with Crippen molar-refractivity contribution in [1.29, 1.82) is 0 Å². The molecule has 3 rings (SSSR count). The molecule has 2 N–H and O–H groups in total. The van der Waals surface area contributed by atoms with Crippen LogP contribution in [0.3, 0.4) is 0 Å². The van der Waals surface area contributed by atoms with Crippen LogP contribution in [0, 0.1) is 0 Å². The fourth-order valence-corrected chi connectivity index (χ4v) is 4.40. The number of para-hydroxylation sites is 2. The van der Waals surface area contributed by atoms with Crippen LogP contribution in [-0.2, 0) is 4.74 Å². The maximum Gasteiger partial charge on any atom is 0.0989 e. The lowest BCUT2D eigenvalue weighted by molar-refractivity contribution is 0.390. The summed E-state index contributed by atoms with van der Waals surface area (Å²) in [5, 5.41) is 7.88. The highest BCUT2D eigenvalue weighted by atomic mass is 16.6. The lowest BCUT2D eigenvalue weighted by Crippen LogP contribution is -2.32. The van der Waals surface area contributed by atoms with E-state index >= 15 is 0 Å². The number of epoxide rings is 1. The Morgan fingerprint density at radius 1 is 0.677 bits per heavy atom. The molecule has 0 aromatic heterocycles. The summed E-state index contributed by atoms with van der Waals surface area (Å²) >= 11 is 0. The van der Waals surface area contributed by atoms with Crippen LogP contribution < -0.4 is 10.6 Å². The van der Waals surface area contributed by atoms with Gasteiger partial charge in [-0.3, -0.25) is 0 Å². The van der Waals surface area contributed by atoms with Crippen LogP contribution in [0.2, 0.25) is 0 Å². The van der Waals surface area contributed by atoms with Crippen molar-refractivity contribution in [3.05, 3.63) is 58.7 Å². The summed E-state index contributed by atoms with van der Waals surface area (Å²) in [6, 6.07) is 13.5. The Bertz CT molecular complexity index is 747. The molecule has 1 heterocycles. The Labute approximate surface area is 190 Å². The number of hydrogen-bond acceptors (Lipinski definition) is 3. The molecule has 31 heavy (non-hydrogen) atoms. The predicted molar refractivity (Wildman–Crippen MR) is 135 cm³/mol. The van der Waals surface area contributed by atoms with E-state index in [1.807, 2.05) is 0 Å². The van der Waals surface area contributed by atoms with Crippen LogP contribution in [-0.4, -0.2) is 18.9 Å². The molecule has 0 bridgehead atoms. The third-order valence-corrected chi connectivity index (χ3v) is 6.28. The van der Waals surface area contributed by atoms with Crippen LogP contribution in [0.5, 0.6) is 0 Å². The SMILES string of the molecule is CC(C)c1cccc(C(C)C)c1NC(CC1CO1)Nc1c(C(C)C)cccc1C(C)C. The van der Waals surface area contributed by atoms with Crippen molar-refractivity contribution in [2.75, 3.05) is 17.2 Å². The first-order valence-corrected chi connectivity index (χ1v) is 12.1. The predicted octanol–water partition coefficient (Wildman–Crippen LogP) is 7.82. The zero-order valence-electron chi connectivity index (χ0n) is 20.8. The standard InChI is InChI=1S/C28H42N2O/c1-17(2)22-11-9-12-23(18(3)4)27(22)29-26(15-21-16-31-21)30-28-24(19(5)6)13-10-14-25(28)20(7)8/h9-14,17-21,26,29-30H,15-16H2,1-8H3. The minimum absolute atomic E-state index is 0.113. The minimum Gasteiger partial charge on any atom is -0.373 e. The Hall–Kier alpha value is -2.00. The second-order valence-electron chi connectivity index (χ2n) is 10.3. The first kappa shape index (κ1) is 23.7. The van der Waals surface area contributed by atoms with E-state index in [0.29, 0.717) is 29.8 Å². The number of nitrogens with one attached hydrogen (secondary N) is 2. The van der Waals surface area contributed by atoms with Crippen molar-refractivity contribution in [3.8, 4) is 0 Å². The molecule has 170 valence electrons. The van der Waals surface area contributed by atoms with E-state index in [9.17, 15) is 0 Å². The zero-order chi connectivity index (χ0) is 22.7. The minimum atomic E-state index is 0.113. The van der Waals surface area contributed by atoms with E-state index in [-0.39, 0.29) is 6.17 Å². The highest BCUT2D eigenvalue weighted by Gasteiger charge is 2.29. The molecular weight excluding hydrogens is 380 g/mol. The molecule has 0 spiro atoms. The maximum atomic E-state index is 5.65. The molecule has 1 unspecified atom stereocenters. The Morgan fingerprint density at radius 3 is 1.26 bits per heavy atom. The van der Waals surface area contributed by atoms with Gasteiger partial charge in [0.1, 0.15) is 0 Å². The van der Waals surface area contributed by atoms with Crippen molar-refractivity contribution in [2.45, 2.75) is 97.8 Å². The van der Waals surface area contributed by atoms with Crippen molar-refractivity contribution in [2.24, 2.45) is 0 Å². The first-order valence-electron chi connectivity index (χ1n) is 12.1. The van der Waals surface area contributed by atoms with Crippen molar-refractivity contribution >= 4 is 11.4 Å². The Morgan fingerprint density at radius 2 is 1.00 bits per heavy atom. The second-order valence-corrected chi connectivity index (χ2v) is 10.3. The van der Waals surface area contributed by atoms with Crippen LogP contribution in [0.25, 0.3) is 0 Å². The third-order valence-electron chi connectivity index (χ3n) is 6.28. The topological polar surface area (TPSA) is 36.6 Å². The monoisotopic (exact) mass is 422 g/mol. The molecule has 1 aliphatic rings. The van der Waals surface area contributed by atoms with Crippen LogP contribution in [0.4, 0.5) is 11.4 Å². The Kier molecular flexibility index (Phi) is 7.69. The van der Waals surface area contributed by atoms with E-state index in [0.717, 1.165) is 13.0 Å². The smallest absolute Gasteiger partial charge is 0.0989 e. The molecule has 1 aliphatic heterocycles. The average molecular weight is 423 g/mol. The summed E-state index contributed by atoms with van der Waals surface area (Å²) in [7, 11) is 0. The molecular formula is C28H42N2O. The quantitative estimate of drug-likeness (QED) is 0.303. The van der Waals surface area contributed by atoms with E-state index in [2.05, 4.69) is 102 Å². The van der Waals surface area contributed by atoms with E-state index in [1.165, 1.54) is 33.6 Å². The summed E-state index contributed by atoms with van der Waals surface area (Å²) in [5.74, 6) is 1.86. The Balaban J connectivity index is 2.01. The zero-order valence-corrected chi connectivity index (χ0v) is 20.8. The van der Waals surface area contributed by atoms with Gasteiger partial charge in [0.05, 0.1) is 18.9 Å². The lowest BCUT2D eigenvalue weighted by atomic mass is 9.91. The molecule has 0 aliphatic carbocycles. The summed E-state index contributed by atoms with van der Waals surface area (Å²) in [6.07, 6.45) is 1.41. The lowest BCUT2D eigenvalue weighted by Gasteiger charge is -2.30. The normalized spacial score (nSPS) is 16.1. The summed E-state index contributed by atoms with van der Waals surface area (Å²) in [5.41, 5.74) is 8.12. The third kappa shape index (κ3) is 5.83. The van der Waals surface area contributed by atoms with Crippen molar-refractivity contribution in [3.63, 3.8) is 0 Å². The van der Waals surface area contributed by atoms with Gasteiger partial charge in [-0.05, 0) is 45.9 Å². The fraction of sp³-hybridized carbons (Fsp3) is 0.571. The molecule has 3 nitrogen and oxygen atoms in total. The average Bonchev–Trinajstić information content (AvgIpc) is 3.51. The molecule has 1 fully saturated rings. The molecule has 0 saturated carbocycles. The molecule has 2 aromatic rings. The molecule has 2 aromatic carbocycles. The van der Waals surface area contributed by atoms with E-state index in [4.69, 9.17) is 4.74 Å². The van der Waals surface area contributed by atoms with Crippen molar-refractivity contribution in [1.82, 2.24) is 0 Å². The second kappa shape index (κ2) is 10.1. The van der Waals surface area contributed by atoms with Crippen molar-refractivity contribution < 1.29 is 4.74 Å². The molecule has 1 atom stereocenters. The molecule has 1 saturated heterocycles. The van der Waals surface area contributed by atoms with Gasteiger partial charge in [0, 0.05) is 17.8 Å². The van der Waals surface area contributed by atoms with Gasteiger partial charge in [-0.2, -0.15) is 0 Å². The summed E-state index contributed by atoms with van der Waals surface area (Å²) in [4.78, 5) is 0. The first-order chi connectivity index (χ1) is 14.7. The van der Waals surface area contributed by atoms with Gasteiger partial charge in [-0.1, -0.05) is 91.8 Å². The van der Waals surface area contributed by atoms with Crippen LogP contribution >= 0.6 is 0 Å². The van der Waals surface area contributed by atoms with Crippen LogP contribution in [0.1, 0.15) is 108 Å². The highest BCUT2D eigenvalue weighted by molar-refractivity contribution is 5.64. The number of ether oxygens (including phenoxy) is 1. The summed E-state index contributed by atoms with van der Waals surface area (Å²) in [6.45, 7) is 19.1. The van der Waals surface area contributed by atoms with Gasteiger partial charge in [0.25, 0.3) is 0 Å². The number of rotatable bonds is 10. The van der Waals surface area contributed by atoms with E-state index < -0.39 is 0 Å². The van der Waals surface area contributed by atoms with Gasteiger partial charge < -0.3 is 15.4 Å². The fourth-order valence-electron chi connectivity index (χ4n) is 4.40. The van der Waals surface area contributed by atoms with Gasteiger partial charge >= 0.3 is 0 Å². The maximum absolute atomic E-state index is 5.65. The van der Waals surface area contributed by atoms with Gasteiger partial charge in [-0.25, -0.2) is 0 Å². The number of hydrogen-bond donors (Lipinski definition) is 2. The highest BCUT2D eigenvalue weighted by Crippen LogP contribution is 2.36. The largest absolute Gasteiger partial charge is 0.373 e. The molecule has 0 amide bonds. The summed E-state index contributed by atoms with van der Waals surface area (Å²) < 4.78 is 5.65. The van der Waals surface area contributed by atoms with Crippen LogP contribution in [0.15, 0.2) is 36.4 Å². The van der Waals surface area contributed by atoms with E-state index in [1.54, 1.807) is 0 Å².